The highest BCUT2D eigenvalue weighted by atomic mass is 16.3. The molecule has 0 spiro atoms. The first-order valence-electron chi connectivity index (χ1n) is 3.86. The monoisotopic (exact) mass is 156 g/mol. The molecule has 0 aromatic heterocycles. The van der Waals surface area contributed by atoms with Gasteiger partial charge in [-0.1, -0.05) is 0 Å². The molecule has 1 rings (SSSR count). The van der Waals surface area contributed by atoms with E-state index < -0.39 is 12.0 Å². The summed E-state index contributed by atoms with van der Waals surface area (Å²) in [6.07, 6.45) is 0.735. The summed E-state index contributed by atoms with van der Waals surface area (Å²) in [6.45, 7) is 1.49. The molecule has 11 heavy (non-hydrogen) atoms. The van der Waals surface area contributed by atoms with Crippen molar-refractivity contribution < 1.29 is 14.7 Å². The highest BCUT2D eigenvalue weighted by Crippen LogP contribution is 2.19. The Kier molecular flexibility index (Phi) is 2.39. The molecule has 1 fully saturated rings. The summed E-state index contributed by atoms with van der Waals surface area (Å²) < 4.78 is 0. The van der Waals surface area contributed by atoms with Gasteiger partial charge in [0, 0.05) is 12.8 Å². The second-order valence-corrected chi connectivity index (χ2v) is 3.00. The number of carbonyl (C=O) groups is 2. The maximum Gasteiger partial charge on any atom is 0.145 e. The zero-order chi connectivity index (χ0) is 8.43. The SMILES string of the molecule is CC(O)C1C(=O)CCCC1=O. The van der Waals surface area contributed by atoms with Crippen molar-refractivity contribution in [2.24, 2.45) is 5.92 Å². The van der Waals surface area contributed by atoms with Crippen LogP contribution in [0.2, 0.25) is 0 Å². The molecule has 0 saturated heterocycles. The Labute approximate surface area is 65.4 Å². The first-order valence-corrected chi connectivity index (χ1v) is 3.86. The van der Waals surface area contributed by atoms with Crippen LogP contribution in [0.4, 0.5) is 0 Å². The van der Waals surface area contributed by atoms with E-state index in [0.29, 0.717) is 19.3 Å². The minimum atomic E-state index is -0.810. The predicted molar refractivity (Wildman–Crippen MR) is 39.0 cm³/mol. The highest BCUT2D eigenvalue weighted by molar-refractivity contribution is 6.04. The van der Waals surface area contributed by atoms with Gasteiger partial charge in [0.2, 0.25) is 0 Å². The van der Waals surface area contributed by atoms with E-state index >= 15 is 0 Å². The number of hydrogen-bond donors (Lipinski definition) is 1. The summed E-state index contributed by atoms with van der Waals surface area (Å²) in [7, 11) is 0. The van der Waals surface area contributed by atoms with Crippen LogP contribution >= 0.6 is 0 Å². The molecule has 1 aliphatic rings. The molecule has 0 bridgehead atoms. The van der Waals surface area contributed by atoms with Crippen LogP contribution in [-0.4, -0.2) is 22.8 Å². The molecule has 1 atom stereocenters. The van der Waals surface area contributed by atoms with Crippen LogP contribution in [0.1, 0.15) is 26.2 Å². The Morgan fingerprint density at radius 1 is 1.36 bits per heavy atom. The molecular formula is C8H12O3. The van der Waals surface area contributed by atoms with Crippen molar-refractivity contribution in [3.8, 4) is 0 Å². The quantitative estimate of drug-likeness (QED) is 0.556. The number of hydrogen-bond acceptors (Lipinski definition) is 3. The summed E-state index contributed by atoms with van der Waals surface area (Å²) in [4.78, 5) is 22.1. The average Bonchev–Trinajstić information content (AvgIpc) is 1.85. The van der Waals surface area contributed by atoms with Gasteiger partial charge in [0.1, 0.15) is 17.5 Å². The fraction of sp³-hybridized carbons (Fsp3) is 0.750. The maximum atomic E-state index is 11.1. The van der Waals surface area contributed by atoms with Crippen LogP contribution in [0.15, 0.2) is 0 Å². The van der Waals surface area contributed by atoms with Crippen molar-refractivity contribution in [1.82, 2.24) is 0 Å². The van der Waals surface area contributed by atoms with Crippen LogP contribution in [0, 0.1) is 5.92 Å². The first kappa shape index (κ1) is 8.40. The molecule has 3 nitrogen and oxygen atoms in total. The van der Waals surface area contributed by atoms with E-state index in [1.807, 2.05) is 0 Å². The summed E-state index contributed by atoms with van der Waals surface area (Å²) in [6, 6.07) is 0. The van der Waals surface area contributed by atoms with Gasteiger partial charge in [-0.2, -0.15) is 0 Å². The Balaban J connectivity index is 2.71. The number of ketones is 2. The van der Waals surface area contributed by atoms with Gasteiger partial charge in [-0.05, 0) is 13.3 Å². The van der Waals surface area contributed by atoms with Crippen molar-refractivity contribution in [3.63, 3.8) is 0 Å². The molecular weight excluding hydrogens is 144 g/mol. The predicted octanol–water partition coefficient (Wildman–Crippen LogP) is 0.305. The number of rotatable bonds is 1. The van der Waals surface area contributed by atoms with Gasteiger partial charge < -0.3 is 5.11 Å². The molecule has 1 aliphatic carbocycles. The van der Waals surface area contributed by atoms with Gasteiger partial charge in [0.15, 0.2) is 0 Å². The third-order valence-corrected chi connectivity index (χ3v) is 2.02. The van der Waals surface area contributed by atoms with Gasteiger partial charge in [-0.3, -0.25) is 9.59 Å². The third kappa shape index (κ3) is 1.66. The van der Waals surface area contributed by atoms with Gasteiger partial charge in [0.05, 0.1) is 6.10 Å². The van der Waals surface area contributed by atoms with Crippen LogP contribution in [0.25, 0.3) is 0 Å². The molecule has 0 amide bonds. The Morgan fingerprint density at radius 2 is 1.82 bits per heavy atom. The van der Waals surface area contributed by atoms with E-state index in [4.69, 9.17) is 5.11 Å². The van der Waals surface area contributed by atoms with E-state index in [2.05, 4.69) is 0 Å². The largest absolute Gasteiger partial charge is 0.392 e. The normalized spacial score (nSPS) is 23.8. The summed E-state index contributed by atoms with van der Waals surface area (Å²) in [5.74, 6) is -0.934. The second kappa shape index (κ2) is 3.13. The van der Waals surface area contributed by atoms with Gasteiger partial charge in [-0.15, -0.1) is 0 Å². The van der Waals surface area contributed by atoms with Gasteiger partial charge >= 0.3 is 0 Å². The maximum absolute atomic E-state index is 11.1. The fourth-order valence-corrected chi connectivity index (χ4v) is 1.47. The Bertz CT molecular complexity index is 168. The van der Waals surface area contributed by atoms with Crippen molar-refractivity contribution in [2.45, 2.75) is 32.3 Å². The zero-order valence-electron chi connectivity index (χ0n) is 6.54. The lowest BCUT2D eigenvalue weighted by Crippen LogP contribution is -2.36. The van der Waals surface area contributed by atoms with Crippen molar-refractivity contribution in [2.75, 3.05) is 0 Å². The van der Waals surface area contributed by atoms with Crippen LogP contribution in [0.3, 0.4) is 0 Å². The average molecular weight is 156 g/mol. The lowest BCUT2D eigenvalue weighted by Gasteiger charge is -2.21. The summed E-state index contributed by atoms with van der Waals surface area (Å²) in [5.41, 5.74) is 0. The highest BCUT2D eigenvalue weighted by Gasteiger charge is 2.33. The Hall–Kier alpha value is -0.700. The van der Waals surface area contributed by atoms with Crippen LogP contribution in [-0.2, 0) is 9.59 Å². The molecule has 3 heteroatoms. The number of aliphatic hydroxyl groups excluding tert-OH is 1. The summed E-state index contributed by atoms with van der Waals surface area (Å²) in [5, 5.41) is 9.08. The smallest absolute Gasteiger partial charge is 0.145 e. The number of carbonyl (C=O) groups excluding carboxylic acids is 2. The molecule has 0 aliphatic heterocycles. The Morgan fingerprint density at radius 3 is 2.09 bits per heavy atom. The van der Waals surface area contributed by atoms with E-state index in [-0.39, 0.29) is 11.6 Å². The van der Waals surface area contributed by atoms with Crippen molar-refractivity contribution in [1.29, 1.82) is 0 Å². The van der Waals surface area contributed by atoms with Crippen LogP contribution < -0.4 is 0 Å². The lowest BCUT2D eigenvalue weighted by atomic mass is 9.83. The number of aliphatic hydroxyl groups is 1. The molecule has 0 heterocycles. The molecule has 1 saturated carbocycles. The van der Waals surface area contributed by atoms with E-state index in [9.17, 15) is 9.59 Å². The van der Waals surface area contributed by atoms with E-state index in [1.165, 1.54) is 6.92 Å². The second-order valence-electron chi connectivity index (χ2n) is 3.00. The topological polar surface area (TPSA) is 54.4 Å². The zero-order valence-corrected chi connectivity index (χ0v) is 6.54. The molecule has 1 unspecified atom stereocenters. The summed E-state index contributed by atoms with van der Waals surface area (Å²) >= 11 is 0. The fourth-order valence-electron chi connectivity index (χ4n) is 1.47. The minimum absolute atomic E-state index is 0.101. The van der Waals surface area contributed by atoms with E-state index in [1.54, 1.807) is 0 Å². The van der Waals surface area contributed by atoms with Crippen molar-refractivity contribution in [3.05, 3.63) is 0 Å². The molecule has 0 radical (unpaired) electrons. The van der Waals surface area contributed by atoms with Crippen LogP contribution in [0.5, 0.6) is 0 Å². The van der Waals surface area contributed by atoms with Gasteiger partial charge in [-0.25, -0.2) is 0 Å². The number of Topliss-reactive ketones (excluding diaryl/α,β-unsaturated/α-hetero) is 2. The molecule has 0 aromatic carbocycles. The third-order valence-electron chi connectivity index (χ3n) is 2.02. The lowest BCUT2D eigenvalue weighted by molar-refractivity contribution is -0.139. The van der Waals surface area contributed by atoms with E-state index in [0.717, 1.165) is 0 Å². The molecule has 62 valence electrons. The molecule has 1 N–H and O–H groups in total. The first-order chi connectivity index (χ1) is 5.13. The molecule has 0 aromatic rings. The van der Waals surface area contributed by atoms with Crippen molar-refractivity contribution >= 4 is 11.6 Å². The standard InChI is InChI=1S/C8H12O3/c1-5(9)8-6(10)3-2-4-7(8)11/h5,8-9H,2-4H2,1H3. The minimum Gasteiger partial charge on any atom is -0.392 e. The van der Waals surface area contributed by atoms with Gasteiger partial charge in [0.25, 0.3) is 0 Å².